The van der Waals surface area contributed by atoms with E-state index in [-0.39, 0.29) is 13.0 Å². The highest BCUT2D eigenvalue weighted by molar-refractivity contribution is 5.95. The summed E-state index contributed by atoms with van der Waals surface area (Å²) in [5.74, 6) is -6.87. The lowest BCUT2D eigenvalue weighted by molar-refractivity contribution is -0.148. The van der Waals surface area contributed by atoms with Gasteiger partial charge in [0, 0.05) is 6.54 Å². The Morgan fingerprint density at radius 2 is 1.58 bits per heavy atom. The van der Waals surface area contributed by atoms with Gasteiger partial charge in [-0.05, 0) is 18.8 Å². The Labute approximate surface area is 177 Å². The molecule has 3 amide bonds. The maximum Gasteiger partial charge on any atom is 0.326 e. The van der Waals surface area contributed by atoms with Crippen molar-refractivity contribution in [3.63, 3.8) is 0 Å². The molecule has 7 N–H and O–H groups in total. The van der Waals surface area contributed by atoms with E-state index in [2.05, 4.69) is 10.6 Å². The summed E-state index contributed by atoms with van der Waals surface area (Å²) in [5, 5.41) is 31.2. The van der Waals surface area contributed by atoms with Crippen LogP contribution in [0.25, 0.3) is 0 Å². The van der Waals surface area contributed by atoms with Gasteiger partial charge in [0.15, 0.2) is 0 Å². The average molecular weight is 444 g/mol. The van der Waals surface area contributed by atoms with E-state index in [4.69, 9.17) is 21.1 Å². The Kier molecular flexibility index (Phi) is 9.37. The fraction of sp³-hybridized carbons (Fsp3) is 0.667. The van der Waals surface area contributed by atoms with Crippen molar-refractivity contribution >= 4 is 35.6 Å². The molecule has 0 spiro atoms. The molecule has 1 aliphatic rings. The molecule has 0 bridgehead atoms. The van der Waals surface area contributed by atoms with Crippen molar-refractivity contribution < 1.29 is 44.1 Å². The van der Waals surface area contributed by atoms with Crippen LogP contribution in [-0.2, 0) is 28.8 Å². The lowest BCUT2D eigenvalue weighted by Crippen LogP contribution is -2.58. The quantitative estimate of drug-likeness (QED) is 0.205. The summed E-state index contributed by atoms with van der Waals surface area (Å²) in [6.07, 6.45) is -0.778. The van der Waals surface area contributed by atoms with Crippen LogP contribution in [0.2, 0.25) is 0 Å². The first-order chi connectivity index (χ1) is 14.3. The van der Waals surface area contributed by atoms with Crippen LogP contribution < -0.4 is 16.4 Å². The van der Waals surface area contributed by atoms with Crippen LogP contribution in [0, 0.1) is 5.92 Å². The number of nitrogens with zero attached hydrogens (tertiary/aromatic N) is 1. The van der Waals surface area contributed by atoms with Crippen molar-refractivity contribution in [2.75, 3.05) is 6.54 Å². The third kappa shape index (κ3) is 7.51. The summed E-state index contributed by atoms with van der Waals surface area (Å²) in [6, 6.07) is -5.14. The fourth-order valence-corrected chi connectivity index (χ4v) is 3.18. The molecular formula is C18H28N4O9. The molecule has 1 aliphatic heterocycles. The molecule has 0 aromatic heterocycles. The maximum atomic E-state index is 13.0. The van der Waals surface area contributed by atoms with Gasteiger partial charge in [-0.2, -0.15) is 0 Å². The number of amides is 3. The smallest absolute Gasteiger partial charge is 0.326 e. The monoisotopic (exact) mass is 444 g/mol. The Hall–Kier alpha value is -3.22. The summed E-state index contributed by atoms with van der Waals surface area (Å²) in [5.41, 5.74) is 5.53. The second-order valence-corrected chi connectivity index (χ2v) is 7.62. The number of nitrogens with two attached hydrogens (primary N) is 1. The van der Waals surface area contributed by atoms with Crippen molar-refractivity contribution in [1.82, 2.24) is 15.5 Å². The van der Waals surface area contributed by atoms with Gasteiger partial charge < -0.3 is 36.6 Å². The zero-order valence-corrected chi connectivity index (χ0v) is 17.2. The van der Waals surface area contributed by atoms with Gasteiger partial charge in [0.05, 0.1) is 18.9 Å². The van der Waals surface area contributed by atoms with Crippen molar-refractivity contribution in [3.8, 4) is 0 Å². The van der Waals surface area contributed by atoms with Gasteiger partial charge in [0.1, 0.15) is 18.1 Å². The van der Waals surface area contributed by atoms with Gasteiger partial charge in [-0.25, -0.2) is 4.79 Å². The van der Waals surface area contributed by atoms with Crippen LogP contribution >= 0.6 is 0 Å². The number of nitrogens with one attached hydrogen (secondary N) is 2. The van der Waals surface area contributed by atoms with Crippen molar-refractivity contribution in [2.45, 2.75) is 63.7 Å². The van der Waals surface area contributed by atoms with Gasteiger partial charge in [-0.1, -0.05) is 13.8 Å². The molecule has 13 heteroatoms. The van der Waals surface area contributed by atoms with E-state index in [1.165, 1.54) is 4.90 Å². The Balaban J connectivity index is 2.93. The highest BCUT2D eigenvalue weighted by Gasteiger charge is 2.40. The normalized spacial score (nSPS) is 18.7. The third-order valence-electron chi connectivity index (χ3n) is 4.79. The zero-order valence-electron chi connectivity index (χ0n) is 17.2. The van der Waals surface area contributed by atoms with E-state index >= 15 is 0 Å². The number of carbonyl (C=O) groups excluding carboxylic acids is 3. The Morgan fingerprint density at radius 1 is 1.00 bits per heavy atom. The standard InChI is InChI=1S/C18H28N4O9/c1-8(2)14(21-15(27)9(19)6-12(23)24)17(29)22-5-3-4-11(22)16(28)20-10(18(30)31)7-13(25)26/h8-11,14H,3-7,19H2,1-2H3,(H,20,28)(H,21,27)(H,23,24)(H,25,26)(H,30,31). The second kappa shape index (κ2) is 11.2. The molecule has 1 rings (SSSR count). The first kappa shape index (κ1) is 25.8. The zero-order chi connectivity index (χ0) is 23.9. The van der Waals surface area contributed by atoms with Gasteiger partial charge in [-0.3, -0.25) is 24.0 Å². The molecule has 1 heterocycles. The fourth-order valence-electron chi connectivity index (χ4n) is 3.18. The molecule has 31 heavy (non-hydrogen) atoms. The molecule has 1 saturated heterocycles. The van der Waals surface area contributed by atoms with E-state index in [0.717, 1.165) is 0 Å². The van der Waals surface area contributed by atoms with Crippen LogP contribution in [0.15, 0.2) is 0 Å². The largest absolute Gasteiger partial charge is 0.481 e. The highest BCUT2D eigenvalue weighted by atomic mass is 16.4. The van der Waals surface area contributed by atoms with Crippen molar-refractivity contribution in [1.29, 1.82) is 0 Å². The number of rotatable bonds is 11. The van der Waals surface area contributed by atoms with E-state index in [0.29, 0.717) is 6.42 Å². The van der Waals surface area contributed by atoms with Crippen molar-refractivity contribution in [3.05, 3.63) is 0 Å². The van der Waals surface area contributed by atoms with Gasteiger partial charge >= 0.3 is 17.9 Å². The summed E-state index contributed by atoms with van der Waals surface area (Å²) in [7, 11) is 0. The van der Waals surface area contributed by atoms with Crippen molar-refractivity contribution in [2.24, 2.45) is 11.7 Å². The van der Waals surface area contributed by atoms with Gasteiger partial charge in [0.2, 0.25) is 17.7 Å². The predicted octanol–water partition coefficient (Wildman–Crippen LogP) is -2.04. The number of carbonyl (C=O) groups is 6. The van der Waals surface area contributed by atoms with E-state index in [1.807, 2.05) is 0 Å². The molecule has 13 nitrogen and oxygen atoms in total. The van der Waals surface area contributed by atoms with Crippen LogP contribution in [0.5, 0.6) is 0 Å². The lowest BCUT2D eigenvalue weighted by atomic mass is 10.0. The molecule has 0 saturated carbocycles. The third-order valence-corrected chi connectivity index (χ3v) is 4.79. The SMILES string of the molecule is CC(C)C(NC(=O)C(N)CC(=O)O)C(=O)N1CCCC1C(=O)NC(CC(=O)O)C(=O)O. The molecular weight excluding hydrogens is 416 g/mol. The Morgan fingerprint density at radius 3 is 2.06 bits per heavy atom. The minimum atomic E-state index is -1.66. The van der Waals surface area contributed by atoms with Crippen LogP contribution in [0.4, 0.5) is 0 Å². The number of hydrogen-bond acceptors (Lipinski definition) is 7. The van der Waals surface area contributed by atoms with Gasteiger partial charge in [0.25, 0.3) is 0 Å². The summed E-state index contributed by atoms with van der Waals surface area (Å²) in [4.78, 5) is 71.7. The first-order valence-electron chi connectivity index (χ1n) is 9.68. The molecule has 4 atom stereocenters. The molecule has 0 aromatic carbocycles. The number of carboxylic acid groups (broad SMARTS) is 3. The molecule has 0 radical (unpaired) electrons. The summed E-state index contributed by atoms with van der Waals surface area (Å²) >= 11 is 0. The van der Waals surface area contributed by atoms with Crippen LogP contribution in [0.3, 0.4) is 0 Å². The number of carboxylic acids is 3. The molecule has 0 aromatic rings. The molecule has 174 valence electrons. The van der Waals surface area contributed by atoms with Gasteiger partial charge in [-0.15, -0.1) is 0 Å². The lowest BCUT2D eigenvalue weighted by Gasteiger charge is -2.31. The second-order valence-electron chi connectivity index (χ2n) is 7.62. The topological polar surface area (TPSA) is 216 Å². The van der Waals surface area contributed by atoms with E-state index < -0.39 is 78.6 Å². The minimum absolute atomic E-state index is 0.174. The predicted molar refractivity (Wildman–Crippen MR) is 104 cm³/mol. The number of aliphatic carboxylic acids is 3. The first-order valence-corrected chi connectivity index (χ1v) is 9.68. The summed E-state index contributed by atoms with van der Waals surface area (Å²) in [6.45, 7) is 3.46. The van der Waals surface area contributed by atoms with Crippen LogP contribution in [-0.4, -0.2) is 86.6 Å². The molecule has 4 unspecified atom stereocenters. The Bertz CT molecular complexity index is 740. The number of hydrogen-bond donors (Lipinski definition) is 6. The molecule has 1 fully saturated rings. The minimum Gasteiger partial charge on any atom is -0.481 e. The number of likely N-dealkylation sites (tertiary alicyclic amines) is 1. The van der Waals surface area contributed by atoms with E-state index in [1.54, 1.807) is 13.8 Å². The maximum absolute atomic E-state index is 13.0. The van der Waals surface area contributed by atoms with E-state index in [9.17, 15) is 28.8 Å². The van der Waals surface area contributed by atoms with Crippen LogP contribution in [0.1, 0.15) is 39.5 Å². The average Bonchev–Trinajstić information content (AvgIpc) is 3.13. The highest BCUT2D eigenvalue weighted by Crippen LogP contribution is 2.21. The molecule has 0 aliphatic carbocycles. The summed E-state index contributed by atoms with van der Waals surface area (Å²) < 4.78 is 0.